The summed E-state index contributed by atoms with van der Waals surface area (Å²) in [5.41, 5.74) is 1.22. The van der Waals surface area contributed by atoms with Crippen molar-refractivity contribution in [1.82, 2.24) is 10.2 Å². The van der Waals surface area contributed by atoms with E-state index < -0.39 is 17.9 Å². The number of carbonyl (C=O) groups excluding carboxylic acids is 1. The molecule has 4 nitrogen and oxygen atoms in total. The van der Waals surface area contributed by atoms with Gasteiger partial charge in [-0.25, -0.2) is 9.18 Å². The first kappa shape index (κ1) is 19.5. The van der Waals surface area contributed by atoms with Crippen molar-refractivity contribution < 1.29 is 13.9 Å². The minimum atomic E-state index is -0.960. The van der Waals surface area contributed by atoms with E-state index in [2.05, 4.69) is 17.1 Å². The number of amides is 1. The lowest BCUT2D eigenvalue weighted by molar-refractivity contribution is 0.0523. The summed E-state index contributed by atoms with van der Waals surface area (Å²) in [6.45, 7) is 11.4. The number of alkyl carbamates (subject to hydrolysis) is 1. The molecule has 0 fully saturated rings. The van der Waals surface area contributed by atoms with Crippen LogP contribution in [0.4, 0.5) is 9.18 Å². The second kappa shape index (κ2) is 8.94. The van der Waals surface area contributed by atoms with Gasteiger partial charge in [-0.1, -0.05) is 25.5 Å². The van der Waals surface area contributed by atoms with Crippen LogP contribution < -0.4 is 5.32 Å². The minimum absolute atomic E-state index is 0.425. The van der Waals surface area contributed by atoms with Crippen LogP contribution in [0.1, 0.15) is 53.9 Å². The molecule has 0 saturated carbocycles. The summed E-state index contributed by atoms with van der Waals surface area (Å²) in [7, 11) is 0. The molecule has 0 aliphatic heterocycles. The number of alkyl halides is 1. The van der Waals surface area contributed by atoms with Crippen molar-refractivity contribution in [2.75, 3.05) is 19.6 Å². The van der Waals surface area contributed by atoms with Crippen molar-refractivity contribution in [3.8, 4) is 0 Å². The van der Waals surface area contributed by atoms with Gasteiger partial charge in [0.25, 0.3) is 0 Å². The Morgan fingerprint density at radius 2 is 2.13 bits per heavy atom. The number of hydrogen-bond donors (Lipinski definition) is 1. The van der Waals surface area contributed by atoms with Crippen molar-refractivity contribution in [3.63, 3.8) is 0 Å². The quantitative estimate of drug-likeness (QED) is 0.763. The molecule has 1 aliphatic rings. The summed E-state index contributed by atoms with van der Waals surface area (Å²) in [5.74, 6) is 0. The first-order valence-corrected chi connectivity index (χ1v) is 8.47. The third-order valence-corrected chi connectivity index (χ3v) is 3.58. The predicted molar refractivity (Wildman–Crippen MR) is 92.1 cm³/mol. The number of ether oxygens (including phenoxy) is 1. The van der Waals surface area contributed by atoms with E-state index in [1.807, 2.05) is 39.8 Å². The van der Waals surface area contributed by atoms with Crippen LogP contribution in [0, 0.1) is 0 Å². The van der Waals surface area contributed by atoms with Crippen LogP contribution in [0.25, 0.3) is 0 Å². The van der Waals surface area contributed by atoms with Crippen molar-refractivity contribution in [2.24, 2.45) is 0 Å². The molecule has 0 aromatic heterocycles. The predicted octanol–water partition coefficient (Wildman–Crippen LogP) is 4.19. The van der Waals surface area contributed by atoms with Crippen molar-refractivity contribution in [3.05, 3.63) is 23.4 Å². The van der Waals surface area contributed by atoms with E-state index in [9.17, 15) is 9.18 Å². The molecule has 1 unspecified atom stereocenters. The summed E-state index contributed by atoms with van der Waals surface area (Å²) in [4.78, 5) is 13.8. The molecular formula is C18H31FN2O2. The molecule has 1 N–H and O–H groups in total. The van der Waals surface area contributed by atoms with Crippen LogP contribution in [0.3, 0.4) is 0 Å². The fourth-order valence-electron chi connectivity index (χ4n) is 2.56. The molecule has 132 valence electrons. The molecule has 0 radical (unpaired) electrons. The monoisotopic (exact) mass is 326 g/mol. The Labute approximate surface area is 139 Å². The molecule has 1 rings (SSSR count). The lowest BCUT2D eigenvalue weighted by atomic mass is 10.0. The molecule has 0 aromatic rings. The summed E-state index contributed by atoms with van der Waals surface area (Å²) in [6, 6.07) is 0. The first-order chi connectivity index (χ1) is 10.7. The van der Waals surface area contributed by atoms with E-state index in [-0.39, 0.29) is 0 Å². The highest BCUT2D eigenvalue weighted by molar-refractivity contribution is 5.67. The van der Waals surface area contributed by atoms with Crippen LogP contribution in [0.5, 0.6) is 0 Å². The number of unbranched alkanes of at least 4 members (excludes halogenated alkanes) is 1. The Kier molecular flexibility index (Phi) is 7.59. The van der Waals surface area contributed by atoms with E-state index in [0.717, 1.165) is 30.7 Å². The molecule has 5 heteroatoms. The molecule has 0 saturated heterocycles. The Morgan fingerprint density at radius 3 is 2.70 bits per heavy atom. The summed E-state index contributed by atoms with van der Waals surface area (Å²) in [6.07, 6.45) is 4.94. The average molecular weight is 326 g/mol. The van der Waals surface area contributed by atoms with Gasteiger partial charge in [0.15, 0.2) is 0 Å². The molecule has 0 spiro atoms. The van der Waals surface area contributed by atoms with Gasteiger partial charge in [-0.3, -0.25) is 0 Å². The van der Waals surface area contributed by atoms with Gasteiger partial charge < -0.3 is 15.0 Å². The third kappa shape index (κ3) is 7.06. The summed E-state index contributed by atoms with van der Waals surface area (Å²) >= 11 is 0. The van der Waals surface area contributed by atoms with Gasteiger partial charge in [-0.2, -0.15) is 0 Å². The number of hydrogen-bond acceptors (Lipinski definition) is 3. The van der Waals surface area contributed by atoms with Gasteiger partial charge in [0.1, 0.15) is 11.8 Å². The lowest BCUT2D eigenvalue weighted by Gasteiger charge is -2.32. The molecule has 0 heterocycles. The van der Waals surface area contributed by atoms with Gasteiger partial charge in [0, 0.05) is 26.1 Å². The molecule has 0 bridgehead atoms. The maximum Gasteiger partial charge on any atom is 0.407 e. The van der Waals surface area contributed by atoms with Crippen LogP contribution in [-0.4, -0.2) is 42.4 Å². The molecule has 0 aromatic carbocycles. The Balaban J connectivity index is 2.62. The maximum atomic E-state index is 14.3. The van der Waals surface area contributed by atoms with Crippen LogP contribution in [0.15, 0.2) is 23.4 Å². The van der Waals surface area contributed by atoms with Crippen molar-refractivity contribution in [1.29, 1.82) is 0 Å². The maximum absolute atomic E-state index is 14.3. The van der Waals surface area contributed by atoms with Crippen LogP contribution >= 0.6 is 0 Å². The second-order valence-corrected chi connectivity index (χ2v) is 6.94. The standard InChI is InChI=1S/C18H31FN2O2/c1-6-7-12-21(16-14(2)9-8-10-15(16)19)13-11-20-17(22)23-18(3,4)5/h8-9,15H,6-7,10-13H2,1-5H3,(H,20,22). The SMILES string of the molecule is CCCCN(CCNC(=O)OC(C)(C)C)C1=C(C)C=CCC1F. The molecule has 1 atom stereocenters. The van der Waals surface area contributed by atoms with Crippen LogP contribution in [0.2, 0.25) is 0 Å². The number of allylic oxidation sites excluding steroid dienone is 4. The highest BCUT2D eigenvalue weighted by Gasteiger charge is 2.23. The third-order valence-electron chi connectivity index (χ3n) is 3.58. The van der Waals surface area contributed by atoms with E-state index in [4.69, 9.17) is 4.74 Å². The second-order valence-electron chi connectivity index (χ2n) is 6.94. The van der Waals surface area contributed by atoms with Gasteiger partial charge >= 0.3 is 6.09 Å². The van der Waals surface area contributed by atoms with Crippen LogP contribution in [-0.2, 0) is 4.74 Å². The van der Waals surface area contributed by atoms with Gasteiger partial charge in [0.2, 0.25) is 0 Å². The van der Waals surface area contributed by atoms with E-state index >= 15 is 0 Å². The molecule has 1 aliphatic carbocycles. The van der Waals surface area contributed by atoms with E-state index in [0.29, 0.717) is 19.5 Å². The average Bonchev–Trinajstić information content (AvgIpc) is 2.41. The minimum Gasteiger partial charge on any atom is -0.444 e. The normalized spacial score (nSPS) is 18.1. The highest BCUT2D eigenvalue weighted by Crippen LogP contribution is 2.25. The van der Waals surface area contributed by atoms with Crippen molar-refractivity contribution in [2.45, 2.75) is 65.7 Å². The first-order valence-electron chi connectivity index (χ1n) is 8.47. The highest BCUT2D eigenvalue weighted by atomic mass is 19.1. The van der Waals surface area contributed by atoms with Crippen molar-refractivity contribution >= 4 is 6.09 Å². The number of carbonyl (C=O) groups is 1. The summed E-state index contributed by atoms with van der Waals surface area (Å²) < 4.78 is 19.5. The smallest absolute Gasteiger partial charge is 0.407 e. The number of nitrogens with one attached hydrogen (secondary N) is 1. The van der Waals surface area contributed by atoms with Gasteiger partial charge in [-0.15, -0.1) is 0 Å². The van der Waals surface area contributed by atoms with E-state index in [1.54, 1.807) is 0 Å². The Hall–Kier alpha value is -1.52. The number of halogens is 1. The number of nitrogens with zero attached hydrogens (tertiary/aromatic N) is 1. The summed E-state index contributed by atoms with van der Waals surface area (Å²) in [5, 5.41) is 2.75. The number of rotatable bonds is 7. The zero-order valence-corrected chi connectivity index (χ0v) is 15.1. The zero-order valence-electron chi connectivity index (χ0n) is 15.1. The van der Waals surface area contributed by atoms with Gasteiger partial charge in [0.05, 0.1) is 5.70 Å². The molecule has 23 heavy (non-hydrogen) atoms. The largest absolute Gasteiger partial charge is 0.444 e. The Morgan fingerprint density at radius 1 is 1.43 bits per heavy atom. The zero-order chi connectivity index (χ0) is 17.5. The fraction of sp³-hybridized carbons (Fsp3) is 0.722. The Bertz CT molecular complexity index is 452. The van der Waals surface area contributed by atoms with E-state index in [1.165, 1.54) is 0 Å². The molecular weight excluding hydrogens is 295 g/mol. The lowest BCUT2D eigenvalue weighted by Crippen LogP contribution is -2.40. The fourth-order valence-corrected chi connectivity index (χ4v) is 2.56. The molecule has 1 amide bonds. The van der Waals surface area contributed by atoms with Gasteiger partial charge in [-0.05, 0) is 39.7 Å². The topological polar surface area (TPSA) is 41.6 Å².